The fourth-order valence-corrected chi connectivity index (χ4v) is 6.39. The van der Waals surface area contributed by atoms with Gasteiger partial charge in [-0.1, -0.05) is 56.3 Å². The maximum atomic E-state index is 13.7. The molecule has 0 fully saturated rings. The summed E-state index contributed by atoms with van der Waals surface area (Å²) in [6.45, 7) is 9.45. The number of nitrogens with one attached hydrogen (secondary N) is 1. The lowest BCUT2D eigenvalue weighted by Gasteiger charge is -2.25. The highest BCUT2D eigenvalue weighted by Gasteiger charge is 2.39. The van der Waals surface area contributed by atoms with Gasteiger partial charge in [-0.15, -0.1) is 6.58 Å². The van der Waals surface area contributed by atoms with Crippen LogP contribution in [0.25, 0.3) is 0 Å². The van der Waals surface area contributed by atoms with Crippen molar-refractivity contribution >= 4 is 27.7 Å². The average Bonchev–Trinajstić information content (AvgIpc) is 3.46. The molecule has 2 aromatic rings. The highest BCUT2D eigenvalue weighted by molar-refractivity contribution is 7.90. The Kier molecular flexibility index (Phi) is 7.37. The van der Waals surface area contributed by atoms with Crippen LogP contribution < -0.4 is 21.7 Å². The van der Waals surface area contributed by atoms with Gasteiger partial charge in [0.2, 0.25) is 16.0 Å². The SMILES string of the molecule is C=CC(c1ccc2c(c1)CCN2C(=O)NCC(C)C)S(=O)(=O)N1CC(c2ccccc2CN)N=C1N. The highest BCUT2D eigenvalue weighted by atomic mass is 32.2. The number of anilines is 1. The first-order valence-electron chi connectivity index (χ1n) is 12.1. The van der Waals surface area contributed by atoms with Crippen LogP contribution in [0.5, 0.6) is 0 Å². The third kappa shape index (κ3) is 4.83. The molecule has 0 saturated heterocycles. The van der Waals surface area contributed by atoms with Crippen molar-refractivity contribution in [3.63, 3.8) is 0 Å². The van der Waals surface area contributed by atoms with Crippen molar-refractivity contribution < 1.29 is 13.2 Å². The average molecular weight is 511 g/mol. The number of carbonyl (C=O) groups excluding carboxylic acids is 1. The van der Waals surface area contributed by atoms with Crippen LogP contribution in [0.1, 0.15) is 47.4 Å². The molecular weight excluding hydrogens is 476 g/mol. The Bertz CT molecular complexity index is 1290. The zero-order valence-corrected chi connectivity index (χ0v) is 21.5. The summed E-state index contributed by atoms with van der Waals surface area (Å²) in [4.78, 5) is 18.8. The van der Waals surface area contributed by atoms with E-state index in [2.05, 4.69) is 16.9 Å². The van der Waals surface area contributed by atoms with Crippen molar-refractivity contribution in [2.45, 2.75) is 38.1 Å². The van der Waals surface area contributed by atoms with Gasteiger partial charge in [0.25, 0.3) is 0 Å². The fraction of sp³-hybridized carbons (Fsp3) is 0.385. The van der Waals surface area contributed by atoms with Crippen LogP contribution in [-0.4, -0.2) is 44.3 Å². The summed E-state index contributed by atoms with van der Waals surface area (Å²) in [6, 6.07) is 12.4. The Labute approximate surface area is 212 Å². The van der Waals surface area contributed by atoms with Gasteiger partial charge in [0, 0.05) is 25.3 Å². The molecule has 2 aromatic carbocycles. The molecule has 0 saturated carbocycles. The first kappa shape index (κ1) is 25.7. The molecule has 2 aliphatic heterocycles. The third-order valence-electron chi connectivity index (χ3n) is 6.59. The van der Waals surface area contributed by atoms with E-state index in [9.17, 15) is 13.2 Å². The summed E-state index contributed by atoms with van der Waals surface area (Å²) in [5, 5.41) is 1.93. The first-order valence-corrected chi connectivity index (χ1v) is 13.6. The van der Waals surface area contributed by atoms with Crippen molar-refractivity contribution in [3.8, 4) is 0 Å². The number of urea groups is 1. The minimum atomic E-state index is -3.94. The van der Waals surface area contributed by atoms with Gasteiger partial charge >= 0.3 is 6.03 Å². The Balaban J connectivity index is 1.56. The summed E-state index contributed by atoms with van der Waals surface area (Å²) in [6.07, 6.45) is 2.06. The summed E-state index contributed by atoms with van der Waals surface area (Å²) in [7, 11) is -3.94. The molecule has 0 aliphatic carbocycles. The second-order valence-electron chi connectivity index (χ2n) is 9.51. The Hall–Kier alpha value is -3.37. The van der Waals surface area contributed by atoms with Gasteiger partial charge in [-0.2, -0.15) is 0 Å². The normalized spacial score (nSPS) is 18.2. The van der Waals surface area contributed by atoms with E-state index in [1.807, 2.05) is 44.2 Å². The predicted molar refractivity (Wildman–Crippen MR) is 143 cm³/mol. The molecule has 10 heteroatoms. The molecule has 5 N–H and O–H groups in total. The second-order valence-corrected chi connectivity index (χ2v) is 11.5. The van der Waals surface area contributed by atoms with Crippen LogP contribution in [0.3, 0.4) is 0 Å². The van der Waals surface area contributed by atoms with Gasteiger partial charge in [-0.05, 0) is 40.7 Å². The third-order valence-corrected chi connectivity index (χ3v) is 8.65. The molecule has 2 amide bonds. The van der Waals surface area contributed by atoms with Crippen molar-refractivity contribution in [3.05, 3.63) is 77.4 Å². The number of fused-ring (bicyclic) bond motifs is 1. The van der Waals surface area contributed by atoms with Crippen LogP contribution in [-0.2, 0) is 23.0 Å². The molecular formula is C26H34N6O3S. The van der Waals surface area contributed by atoms with E-state index in [4.69, 9.17) is 11.5 Å². The summed E-state index contributed by atoms with van der Waals surface area (Å²) in [5.41, 5.74) is 16.1. The molecule has 0 spiro atoms. The molecule has 2 unspecified atom stereocenters. The second kappa shape index (κ2) is 10.3. The van der Waals surface area contributed by atoms with E-state index in [1.165, 1.54) is 6.08 Å². The lowest BCUT2D eigenvalue weighted by atomic mass is 10.0. The Morgan fingerprint density at radius 2 is 2.03 bits per heavy atom. The maximum absolute atomic E-state index is 13.7. The largest absolute Gasteiger partial charge is 0.369 e. The number of carbonyl (C=O) groups is 1. The smallest absolute Gasteiger partial charge is 0.321 e. The monoisotopic (exact) mass is 510 g/mol. The van der Waals surface area contributed by atoms with Gasteiger partial charge in [-0.3, -0.25) is 4.90 Å². The highest BCUT2D eigenvalue weighted by Crippen LogP contribution is 2.36. The molecule has 0 aromatic heterocycles. The van der Waals surface area contributed by atoms with Gasteiger partial charge < -0.3 is 16.8 Å². The molecule has 192 valence electrons. The lowest BCUT2D eigenvalue weighted by Crippen LogP contribution is -2.41. The summed E-state index contributed by atoms with van der Waals surface area (Å²) < 4.78 is 28.6. The predicted octanol–water partition coefficient (Wildman–Crippen LogP) is 2.80. The number of aliphatic imine (C=N–C) groups is 1. The zero-order chi connectivity index (χ0) is 26.0. The van der Waals surface area contributed by atoms with Gasteiger partial charge in [-0.25, -0.2) is 22.5 Å². The zero-order valence-electron chi connectivity index (χ0n) is 20.7. The number of hydrogen-bond acceptors (Lipinski definition) is 6. The molecule has 9 nitrogen and oxygen atoms in total. The molecule has 36 heavy (non-hydrogen) atoms. The van der Waals surface area contributed by atoms with Gasteiger partial charge in [0.15, 0.2) is 0 Å². The number of hydrogen-bond donors (Lipinski definition) is 3. The molecule has 2 aliphatic rings. The molecule has 2 atom stereocenters. The standard InChI is InChI=1S/C26H34N6O3S/c1-4-24(19-9-10-23-18(13-19)11-12-31(23)26(33)29-15-17(2)3)36(34,35)32-16-22(30-25(32)28)21-8-6-5-7-20(21)14-27/h4-10,13,17,22,24H,1,11-12,14-16,27H2,2-3H3,(H2,28,30)(H,29,33). The quantitative estimate of drug-likeness (QED) is 0.470. The number of rotatable bonds is 8. The van der Waals surface area contributed by atoms with Crippen LogP contribution in [0.15, 0.2) is 60.1 Å². The van der Waals surface area contributed by atoms with Crippen LogP contribution in [0, 0.1) is 5.92 Å². The fourth-order valence-electron chi connectivity index (χ4n) is 4.73. The first-order chi connectivity index (χ1) is 17.2. The van der Waals surface area contributed by atoms with Gasteiger partial charge in [0.1, 0.15) is 5.25 Å². The van der Waals surface area contributed by atoms with Crippen molar-refractivity contribution in [2.24, 2.45) is 22.4 Å². The van der Waals surface area contributed by atoms with Crippen LogP contribution >= 0.6 is 0 Å². The molecule has 0 radical (unpaired) electrons. The van der Waals surface area contributed by atoms with E-state index in [-0.39, 0.29) is 18.5 Å². The van der Waals surface area contributed by atoms with Gasteiger partial charge in [0.05, 0.1) is 12.6 Å². The van der Waals surface area contributed by atoms with Crippen molar-refractivity contribution in [2.75, 3.05) is 24.5 Å². The summed E-state index contributed by atoms with van der Waals surface area (Å²) >= 11 is 0. The molecule has 0 bridgehead atoms. The minimum absolute atomic E-state index is 0.0483. The number of benzene rings is 2. The molecule has 4 rings (SSSR count). The number of sulfonamides is 1. The minimum Gasteiger partial charge on any atom is -0.369 e. The van der Waals surface area contributed by atoms with E-state index >= 15 is 0 Å². The number of nitrogens with zero attached hydrogens (tertiary/aromatic N) is 3. The number of nitrogens with two attached hydrogens (primary N) is 2. The van der Waals surface area contributed by atoms with E-state index < -0.39 is 21.3 Å². The Morgan fingerprint density at radius 3 is 2.72 bits per heavy atom. The number of guanidine groups is 1. The number of amides is 2. The summed E-state index contributed by atoms with van der Waals surface area (Å²) in [5.74, 6) is 0.301. The maximum Gasteiger partial charge on any atom is 0.321 e. The van der Waals surface area contributed by atoms with Crippen LogP contribution in [0.2, 0.25) is 0 Å². The lowest BCUT2D eigenvalue weighted by molar-refractivity contribution is 0.245. The topological polar surface area (TPSA) is 134 Å². The van der Waals surface area contributed by atoms with Crippen LogP contribution in [0.4, 0.5) is 10.5 Å². The Morgan fingerprint density at radius 1 is 1.28 bits per heavy atom. The van der Waals surface area contributed by atoms with Crippen molar-refractivity contribution in [1.82, 2.24) is 9.62 Å². The van der Waals surface area contributed by atoms with Crippen molar-refractivity contribution in [1.29, 1.82) is 0 Å². The van der Waals surface area contributed by atoms with E-state index in [1.54, 1.807) is 17.0 Å². The van der Waals surface area contributed by atoms with E-state index in [0.717, 1.165) is 26.7 Å². The molecule has 2 heterocycles. The van der Waals surface area contributed by atoms with E-state index in [0.29, 0.717) is 37.5 Å².